The molecule has 3 rings (SSSR count). The normalized spacial score (nSPS) is 13.0. The molecule has 0 aliphatic heterocycles. The lowest BCUT2D eigenvalue weighted by Gasteiger charge is -2.15. The van der Waals surface area contributed by atoms with Crippen molar-refractivity contribution in [3.05, 3.63) is 57.9 Å². The number of fused-ring (bicyclic) bond motifs is 1. The zero-order valence-corrected chi connectivity index (χ0v) is 13.8. The van der Waals surface area contributed by atoms with Crippen molar-refractivity contribution in [2.24, 2.45) is 0 Å². The van der Waals surface area contributed by atoms with Crippen molar-refractivity contribution >= 4 is 16.3 Å². The molecule has 0 saturated heterocycles. The molecule has 3 nitrogen and oxygen atoms in total. The van der Waals surface area contributed by atoms with E-state index in [1.54, 1.807) is 11.3 Å². The lowest BCUT2D eigenvalue weighted by Crippen LogP contribution is -2.19. The highest BCUT2D eigenvalue weighted by molar-refractivity contribution is 7.15. The fourth-order valence-corrected chi connectivity index (χ4v) is 3.61. The van der Waals surface area contributed by atoms with Crippen LogP contribution in [-0.4, -0.2) is 9.38 Å². The Bertz CT molecular complexity index is 770. The SMILES string of the molecule is Cc1cccc([C@@H](C)NCc2c(C)nc3scc(C)n23)c1. The van der Waals surface area contributed by atoms with Gasteiger partial charge < -0.3 is 5.32 Å². The zero-order chi connectivity index (χ0) is 15.0. The maximum absolute atomic E-state index is 4.64. The van der Waals surface area contributed by atoms with Crippen LogP contribution < -0.4 is 5.32 Å². The van der Waals surface area contributed by atoms with Crippen LogP contribution in [0.4, 0.5) is 0 Å². The van der Waals surface area contributed by atoms with Gasteiger partial charge in [0.1, 0.15) is 0 Å². The molecular formula is C17H21N3S. The van der Waals surface area contributed by atoms with Crippen molar-refractivity contribution in [1.29, 1.82) is 0 Å². The maximum atomic E-state index is 4.64. The Labute approximate surface area is 129 Å². The van der Waals surface area contributed by atoms with Crippen LogP contribution in [0.1, 0.15) is 41.2 Å². The Hall–Kier alpha value is -1.65. The zero-order valence-electron chi connectivity index (χ0n) is 13.0. The van der Waals surface area contributed by atoms with Gasteiger partial charge in [0.15, 0.2) is 4.96 Å². The van der Waals surface area contributed by atoms with Crippen LogP contribution >= 0.6 is 11.3 Å². The number of hydrogen-bond donors (Lipinski definition) is 1. The summed E-state index contributed by atoms with van der Waals surface area (Å²) in [4.78, 5) is 5.73. The third-order valence-corrected chi connectivity index (χ3v) is 4.89. The van der Waals surface area contributed by atoms with Gasteiger partial charge in [-0.15, -0.1) is 11.3 Å². The monoisotopic (exact) mass is 299 g/mol. The van der Waals surface area contributed by atoms with Crippen molar-refractivity contribution in [2.45, 2.75) is 40.3 Å². The molecule has 0 radical (unpaired) electrons. The molecule has 0 spiro atoms. The van der Waals surface area contributed by atoms with E-state index in [0.29, 0.717) is 6.04 Å². The van der Waals surface area contributed by atoms with Gasteiger partial charge in [-0.2, -0.15) is 0 Å². The second kappa shape index (κ2) is 5.62. The molecular weight excluding hydrogens is 278 g/mol. The molecule has 0 fully saturated rings. The van der Waals surface area contributed by atoms with E-state index in [-0.39, 0.29) is 0 Å². The van der Waals surface area contributed by atoms with Crippen LogP contribution in [0.25, 0.3) is 4.96 Å². The van der Waals surface area contributed by atoms with Gasteiger partial charge in [0.25, 0.3) is 0 Å². The van der Waals surface area contributed by atoms with E-state index in [1.165, 1.54) is 22.5 Å². The van der Waals surface area contributed by atoms with E-state index < -0.39 is 0 Å². The van der Waals surface area contributed by atoms with Gasteiger partial charge in [-0.25, -0.2) is 4.98 Å². The van der Waals surface area contributed by atoms with E-state index in [0.717, 1.165) is 17.2 Å². The fraction of sp³-hybridized carbons (Fsp3) is 0.353. The van der Waals surface area contributed by atoms with E-state index in [4.69, 9.17) is 0 Å². The summed E-state index contributed by atoms with van der Waals surface area (Å²) in [5.74, 6) is 0. The first-order valence-electron chi connectivity index (χ1n) is 7.28. The molecule has 1 aromatic carbocycles. The van der Waals surface area contributed by atoms with E-state index in [1.807, 2.05) is 0 Å². The lowest BCUT2D eigenvalue weighted by molar-refractivity contribution is 0.563. The predicted octanol–water partition coefficient (Wildman–Crippen LogP) is 4.17. The number of aromatic nitrogens is 2. The Balaban J connectivity index is 1.80. The largest absolute Gasteiger partial charge is 0.305 e. The molecule has 2 heterocycles. The predicted molar refractivity (Wildman–Crippen MR) is 89.0 cm³/mol. The third kappa shape index (κ3) is 2.74. The maximum Gasteiger partial charge on any atom is 0.194 e. The first kappa shape index (κ1) is 14.3. The Kier molecular flexibility index (Phi) is 3.83. The van der Waals surface area contributed by atoms with E-state index in [9.17, 15) is 0 Å². The minimum Gasteiger partial charge on any atom is -0.305 e. The van der Waals surface area contributed by atoms with Crippen molar-refractivity contribution in [1.82, 2.24) is 14.7 Å². The van der Waals surface area contributed by atoms with Crippen molar-refractivity contribution in [3.8, 4) is 0 Å². The molecule has 3 aromatic rings. The number of thiazole rings is 1. The summed E-state index contributed by atoms with van der Waals surface area (Å²) in [5, 5.41) is 5.78. The molecule has 0 aliphatic rings. The summed E-state index contributed by atoms with van der Waals surface area (Å²) < 4.78 is 2.26. The van der Waals surface area contributed by atoms with Crippen LogP contribution in [0.15, 0.2) is 29.6 Å². The summed E-state index contributed by atoms with van der Waals surface area (Å²) in [6.45, 7) is 9.41. The minimum atomic E-state index is 0.328. The first-order valence-corrected chi connectivity index (χ1v) is 8.16. The van der Waals surface area contributed by atoms with Gasteiger partial charge in [0, 0.05) is 23.7 Å². The number of hydrogen-bond acceptors (Lipinski definition) is 3. The summed E-state index contributed by atoms with van der Waals surface area (Å²) in [6.07, 6.45) is 0. The highest BCUT2D eigenvalue weighted by Crippen LogP contribution is 2.21. The van der Waals surface area contributed by atoms with Crippen molar-refractivity contribution in [3.63, 3.8) is 0 Å². The van der Waals surface area contributed by atoms with Crippen LogP contribution in [0, 0.1) is 20.8 Å². The van der Waals surface area contributed by atoms with Gasteiger partial charge in [-0.3, -0.25) is 4.40 Å². The molecule has 0 unspecified atom stereocenters. The fourth-order valence-electron chi connectivity index (χ4n) is 2.68. The van der Waals surface area contributed by atoms with Gasteiger partial charge in [-0.05, 0) is 33.3 Å². The number of benzene rings is 1. The second-order valence-electron chi connectivity index (χ2n) is 5.66. The summed E-state index contributed by atoms with van der Waals surface area (Å²) in [6, 6.07) is 9.00. The summed E-state index contributed by atoms with van der Waals surface area (Å²) >= 11 is 1.71. The van der Waals surface area contributed by atoms with Gasteiger partial charge >= 0.3 is 0 Å². The van der Waals surface area contributed by atoms with Crippen LogP contribution in [0.2, 0.25) is 0 Å². The number of imidazole rings is 1. The van der Waals surface area contributed by atoms with Crippen LogP contribution in [0.5, 0.6) is 0 Å². The smallest absolute Gasteiger partial charge is 0.194 e. The molecule has 21 heavy (non-hydrogen) atoms. The highest BCUT2D eigenvalue weighted by Gasteiger charge is 2.13. The average Bonchev–Trinajstić information content (AvgIpc) is 2.96. The van der Waals surface area contributed by atoms with E-state index in [2.05, 4.69) is 72.0 Å². The standard InChI is InChI=1S/C17H21N3S/c1-11-6-5-7-15(8-11)13(3)18-9-16-14(4)19-17-20(16)12(2)10-21-17/h5-8,10,13,18H,9H2,1-4H3/t13-/m1/s1. The van der Waals surface area contributed by atoms with Crippen LogP contribution in [0.3, 0.4) is 0 Å². The Morgan fingerprint density at radius 3 is 2.86 bits per heavy atom. The van der Waals surface area contributed by atoms with Gasteiger partial charge in [0.05, 0.1) is 11.4 Å². The number of aryl methyl sites for hydroxylation is 3. The van der Waals surface area contributed by atoms with Gasteiger partial charge in [0.2, 0.25) is 0 Å². The molecule has 4 heteroatoms. The molecule has 0 aliphatic carbocycles. The molecule has 0 saturated carbocycles. The molecule has 0 bridgehead atoms. The molecule has 1 atom stereocenters. The average molecular weight is 299 g/mol. The topological polar surface area (TPSA) is 29.3 Å². The molecule has 1 N–H and O–H groups in total. The molecule has 2 aromatic heterocycles. The van der Waals surface area contributed by atoms with Crippen molar-refractivity contribution < 1.29 is 0 Å². The minimum absolute atomic E-state index is 0.328. The Morgan fingerprint density at radius 1 is 1.29 bits per heavy atom. The lowest BCUT2D eigenvalue weighted by atomic mass is 10.1. The highest BCUT2D eigenvalue weighted by atomic mass is 32.1. The number of nitrogens with zero attached hydrogens (tertiary/aromatic N) is 2. The summed E-state index contributed by atoms with van der Waals surface area (Å²) in [5.41, 5.74) is 6.28. The molecule has 0 amide bonds. The van der Waals surface area contributed by atoms with Crippen LogP contribution in [-0.2, 0) is 6.54 Å². The Morgan fingerprint density at radius 2 is 2.10 bits per heavy atom. The van der Waals surface area contributed by atoms with Crippen molar-refractivity contribution in [2.75, 3.05) is 0 Å². The first-order chi connectivity index (χ1) is 10.1. The van der Waals surface area contributed by atoms with E-state index >= 15 is 0 Å². The number of nitrogens with one attached hydrogen (secondary N) is 1. The second-order valence-corrected chi connectivity index (χ2v) is 6.49. The third-order valence-electron chi connectivity index (χ3n) is 3.95. The quantitative estimate of drug-likeness (QED) is 0.783. The molecule has 110 valence electrons. The number of rotatable bonds is 4. The van der Waals surface area contributed by atoms with Gasteiger partial charge in [-0.1, -0.05) is 29.8 Å². The summed E-state index contributed by atoms with van der Waals surface area (Å²) in [7, 11) is 0.